The van der Waals surface area contributed by atoms with E-state index in [9.17, 15) is 0 Å². The number of furan rings is 1. The van der Waals surface area contributed by atoms with E-state index in [0.717, 1.165) is 50.1 Å². The van der Waals surface area contributed by atoms with Crippen molar-refractivity contribution >= 4 is 60.5 Å². The van der Waals surface area contributed by atoms with Crippen LogP contribution in [-0.2, 0) is 0 Å². The second-order valence-electron chi connectivity index (χ2n) is 16.5. The summed E-state index contributed by atoms with van der Waals surface area (Å²) < 4.78 is 6.26. The maximum absolute atomic E-state index is 6.26. The lowest BCUT2D eigenvalue weighted by Crippen LogP contribution is -2.09. The first kappa shape index (κ1) is 37.3. The second kappa shape index (κ2) is 15.8. The molecule has 1 aromatic heterocycles. The zero-order chi connectivity index (χ0) is 42.4. The van der Waals surface area contributed by atoms with Crippen molar-refractivity contribution in [2.75, 3.05) is 4.90 Å². The van der Waals surface area contributed by atoms with Crippen LogP contribution in [0.1, 0.15) is 0 Å². The number of hydrogen-bond acceptors (Lipinski definition) is 2. The van der Waals surface area contributed by atoms with Crippen LogP contribution in [0.25, 0.3) is 99.1 Å². The van der Waals surface area contributed by atoms with Gasteiger partial charge in [0.25, 0.3) is 0 Å². The molecule has 0 amide bonds. The van der Waals surface area contributed by atoms with Crippen molar-refractivity contribution in [3.63, 3.8) is 0 Å². The van der Waals surface area contributed by atoms with Crippen molar-refractivity contribution in [3.05, 3.63) is 249 Å². The molecule has 0 aliphatic heterocycles. The van der Waals surface area contributed by atoms with Crippen molar-refractivity contribution in [1.29, 1.82) is 0 Å². The highest BCUT2D eigenvalue weighted by atomic mass is 16.3. The van der Waals surface area contributed by atoms with Crippen LogP contribution in [0.5, 0.6) is 0 Å². The Morgan fingerprint density at radius 2 is 0.609 bits per heavy atom. The third-order valence-corrected chi connectivity index (χ3v) is 12.7. The van der Waals surface area contributed by atoms with Gasteiger partial charge in [0.15, 0.2) is 0 Å². The molecule has 0 atom stereocenters. The number of anilines is 3. The summed E-state index contributed by atoms with van der Waals surface area (Å²) >= 11 is 0. The minimum Gasteiger partial charge on any atom is -0.456 e. The van der Waals surface area contributed by atoms with Gasteiger partial charge in [0, 0.05) is 27.8 Å². The van der Waals surface area contributed by atoms with Gasteiger partial charge in [-0.3, -0.25) is 0 Å². The van der Waals surface area contributed by atoms with Crippen molar-refractivity contribution < 1.29 is 4.42 Å². The first-order valence-electron chi connectivity index (χ1n) is 21.9. The monoisotopic (exact) mass is 815 g/mol. The average molecular weight is 816 g/mol. The van der Waals surface area contributed by atoms with E-state index in [1.54, 1.807) is 0 Å². The zero-order valence-corrected chi connectivity index (χ0v) is 35.0. The van der Waals surface area contributed by atoms with Gasteiger partial charge in [-0.05, 0) is 144 Å². The lowest BCUT2D eigenvalue weighted by molar-refractivity contribution is 0.669. The van der Waals surface area contributed by atoms with Gasteiger partial charge < -0.3 is 9.32 Å². The summed E-state index contributed by atoms with van der Waals surface area (Å²) in [6.07, 6.45) is 0. The fourth-order valence-electron chi connectivity index (χ4n) is 9.45. The quantitative estimate of drug-likeness (QED) is 0.152. The molecule has 300 valence electrons. The molecule has 2 heteroatoms. The Labute approximate surface area is 372 Å². The fraction of sp³-hybridized carbons (Fsp3) is 0. The van der Waals surface area contributed by atoms with Crippen LogP contribution < -0.4 is 4.90 Å². The summed E-state index contributed by atoms with van der Waals surface area (Å²) in [5.41, 5.74) is 16.9. The summed E-state index contributed by atoms with van der Waals surface area (Å²) in [6, 6.07) is 89.7. The molecule has 0 N–H and O–H groups in total. The summed E-state index contributed by atoms with van der Waals surface area (Å²) in [7, 11) is 0. The molecule has 0 aliphatic carbocycles. The normalized spacial score (nSPS) is 11.4. The van der Waals surface area contributed by atoms with Crippen LogP contribution in [0.4, 0.5) is 17.1 Å². The SMILES string of the molecule is c1cc(-c2ccc(N(c3ccc(-c4cccc(-c5cccc6ccccc56)c4)cc3)c3ccc(-c4ccc5c(c4)oc4ccccc45)cc3)cc2)cc(-c2cccc3ccccc23)c1. The van der Waals surface area contributed by atoms with E-state index in [4.69, 9.17) is 4.42 Å². The molecule has 0 radical (unpaired) electrons. The topological polar surface area (TPSA) is 16.4 Å². The molecule has 0 aliphatic rings. The van der Waals surface area contributed by atoms with Crippen molar-refractivity contribution in [1.82, 2.24) is 0 Å². The molecule has 1 heterocycles. The van der Waals surface area contributed by atoms with Gasteiger partial charge in [0.1, 0.15) is 11.2 Å². The first-order valence-corrected chi connectivity index (χ1v) is 21.9. The van der Waals surface area contributed by atoms with E-state index in [2.05, 4.69) is 241 Å². The summed E-state index contributed by atoms with van der Waals surface area (Å²) in [6.45, 7) is 0. The van der Waals surface area contributed by atoms with E-state index >= 15 is 0 Å². The molecule has 0 spiro atoms. The van der Waals surface area contributed by atoms with Gasteiger partial charge in [0.2, 0.25) is 0 Å². The maximum Gasteiger partial charge on any atom is 0.136 e. The van der Waals surface area contributed by atoms with E-state index in [1.165, 1.54) is 66.1 Å². The maximum atomic E-state index is 6.26. The van der Waals surface area contributed by atoms with Crippen molar-refractivity contribution in [2.24, 2.45) is 0 Å². The summed E-state index contributed by atoms with van der Waals surface area (Å²) in [5, 5.41) is 7.29. The van der Waals surface area contributed by atoms with Crippen LogP contribution in [-0.4, -0.2) is 0 Å². The second-order valence-corrected chi connectivity index (χ2v) is 16.5. The lowest BCUT2D eigenvalue weighted by atomic mass is 9.95. The predicted molar refractivity (Wildman–Crippen MR) is 271 cm³/mol. The molecule has 11 aromatic carbocycles. The van der Waals surface area contributed by atoms with Gasteiger partial charge in [-0.2, -0.15) is 0 Å². The van der Waals surface area contributed by atoms with Gasteiger partial charge in [-0.25, -0.2) is 0 Å². The van der Waals surface area contributed by atoms with Gasteiger partial charge in [-0.15, -0.1) is 0 Å². The van der Waals surface area contributed by atoms with Gasteiger partial charge in [-0.1, -0.05) is 182 Å². The van der Waals surface area contributed by atoms with E-state index in [-0.39, 0.29) is 0 Å². The Bertz CT molecular complexity index is 3480. The van der Waals surface area contributed by atoms with Crippen LogP contribution in [0.3, 0.4) is 0 Å². The molecule has 12 rings (SSSR count). The van der Waals surface area contributed by atoms with Crippen molar-refractivity contribution in [2.45, 2.75) is 0 Å². The van der Waals surface area contributed by atoms with E-state index < -0.39 is 0 Å². The lowest BCUT2D eigenvalue weighted by Gasteiger charge is -2.26. The van der Waals surface area contributed by atoms with Crippen LogP contribution in [0.2, 0.25) is 0 Å². The van der Waals surface area contributed by atoms with Crippen molar-refractivity contribution in [3.8, 4) is 55.6 Å². The van der Waals surface area contributed by atoms with Gasteiger partial charge in [0.05, 0.1) is 0 Å². The van der Waals surface area contributed by atoms with E-state index in [0.29, 0.717) is 0 Å². The highest BCUT2D eigenvalue weighted by molar-refractivity contribution is 6.06. The molecule has 64 heavy (non-hydrogen) atoms. The molecular weight excluding hydrogens is 775 g/mol. The third kappa shape index (κ3) is 6.79. The van der Waals surface area contributed by atoms with Crippen LogP contribution in [0, 0.1) is 0 Å². The summed E-state index contributed by atoms with van der Waals surface area (Å²) in [4.78, 5) is 2.35. The molecule has 2 nitrogen and oxygen atoms in total. The number of fused-ring (bicyclic) bond motifs is 5. The number of rotatable bonds is 8. The van der Waals surface area contributed by atoms with Gasteiger partial charge >= 0.3 is 0 Å². The number of benzene rings is 11. The molecule has 0 fully saturated rings. The molecule has 0 saturated heterocycles. The third-order valence-electron chi connectivity index (χ3n) is 12.7. The molecule has 12 aromatic rings. The fourth-order valence-corrected chi connectivity index (χ4v) is 9.45. The Morgan fingerprint density at radius 1 is 0.234 bits per heavy atom. The van der Waals surface area contributed by atoms with E-state index in [1.807, 2.05) is 12.1 Å². The minimum absolute atomic E-state index is 0.898. The highest BCUT2D eigenvalue weighted by Gasteiger charge is 2.16. The molecule has 0 unspecified atom stereocenters. The van der Waals surface area contributed by atoms with Crippen LogP contribution >= 0.6 is 0 Å². The smallest absolute Gasteiger partial charge is 0.136 e. The molecule has 0 bridgehead atoms. The Balaban J connectivity index is 0.899. The standard InChI is InChI=1S/C62H41NO/c1-3-19-55-45(11-1)13-9-22-57(55)50-17-7-15-47(39-50)42-25-32-52(33-26-42)63(54-36-29-44(30-37-54)49-31-38-60-59-21-5-6-24-61(59)64-62(60)41-49)53-34-27-43(28-35-53)48-16-8-18-51(40-48)58-23-10-14-46-12-2-4-20-56(46)58/h1-41H. The number of nitrogens with zero attached hydrogens (tertiary/aromatic N) is 1. The Kier molecular flexibility index (Phi) is 9.20. The Hall–Kier alpha value is -8.46. The summed E-state index contributed by atoms with van der Waals surface area (Å²) in [5.74, 6) is 0. The largest absolute Gasteiger partial charge is 0.456 e. The predicted octanol–water partition coefficient (Wildman–Crippen LogP) is 17.7. The highest BCUT2D eigenvalue weighted by Crippen LogP contribution is 2.40. The number of hydrogen-bond donors (Lipinski definition) is 0. The zero-order valence-electron chi connectivity index (χ0n) is 35.0. The first-order chi connectivity index (χ1) is 31.7. The average Bonchev–Trinajstić information content (AvgIpc) is 3.75. The van der Waals surface area contributed by atoms with Crippen LogP contribution in [0.15, 0.2) is 253 Å². The number of para-hydroxylation sites is 1. The Morgan fingerprint density at radius 3 is 1.12 bits per heavy atom. The minimum atomic E-state index is 0.898. The molecular formula is C62H41NO. The molecule has 0 saturated carbocycles.